The van der Waals surface area contributed by atoms with Gasteiger partial charge in [0.15, 0.2) is 11.0 Å². The van der Waals surface area contributed by atoms with E-state index in [0.29, 0.717) is 33.3 Å². The first-order valence-corrected chi connectivity index (χ1v) is 14.0. The number of rotatable bonds is 9. The summed E-state index contributed by atoms with van der Waals surface area (Å²) in [6, 6.07) is 23.5. The summed E-state index contributed by atoms with van der Waals surface area (Å²) >= 11 is 1.43. The van der Waals surface area contributed by atoms with E-state index in [1.165, 1.54) is 30.0 Å². The quantitative estimate of drug-likeness (QED) is 0.154. The van der Waals surface area contributed by atoms with Crippen LogP contribution in [-0.4, -0.2) is 33.1 Å². The highest BCUT2D eigenvalue weighted by Crippen LogP contribution is 2.29. The topological polar surface area (TPSA) is 133 Å². The number of nitrogens with one attached hydrogen (secondary N) is 1. The van der Waals surface area contributed by atoms with Crippen LogP contribution < -0.4 is 4.72 Å². The second-order valence-electron chi connectivity index (χ2n) is 8.40. The molecule has 0 aliphatic rings. The Kier molecular flexibility index (Phi) is 7.18. The predicted octanol–water partition coefficient (Wildman–Crippen LogP) is 5.06. The van der Waals surface area contributed by atoms with Crippen LogP contribution in [0.4, 0.5) is 5.69 Å². The van der Waals surface area contributed by atoms with Gasteiger partial charge in [-0.3, -0.25) is 19.7 Å². The van der Waals surface area contributed by atoms with Gasteiger partial charge in [-0.05, 0) is 36.8 Å². The van der Waals surface area contributed by atoms with E-state index in [4.69, 9.17) is 0 Å². The summed E-state index contributed by atoms with van der Waals surface area (Å²) in [5.41, 5.74) is 1.96. The molecule has 12 heteroatoms. The third-order valence-electron chi connectivity index (χ3n) is 5.79. The van der Waals surface area contributed by atoms with Gasteiger partial charge >= 0.3 is 0 Å². The lowest BCUT2D eigenvalue weighted by Crippen LogP contribution is -2.29. The minimum Gasteiger partial charge on any atom is -0.273 e. The molecule has 0 saturated carbocycles. The molecule has 10 nitrogen and oxygen atoms in total. The van der Waals surface area contributed by atoms with Gasteiger partial charge in [-0.1, -0.05) is 60.3 Å². The Hall–Kier alpha value is -4.13. The van der Waals surface area contributed by atoms with Gasteiger partial charge in [0.25, 0.3) is 5.69 Å². The minimum absolute atomic E-state index is 0.0564. The second kappa shape index (κ2) is 10.7. The van der Waals surface area contributed by atoms with Gasteiger partial charge in [0.2, 0.25) is 10.0 Å². The zero-order chi connectivity index (χ0) is 26.7. The van der Waals surface area contributed by atoms with Gasteiger partial charge in [-0.15, -0.1) is 10.2 Å². The summed E-state index contributed by atoms with van der Waals surface area (Å²) in [5.74, 6) is 0.944. The molecule has 5 rings (SSSR count). The number of thioether (sulfide) groups is 1. The number of non-ortho nitro benzene ring substituents is 1. The number of hydrogen-bond acceptors (Lipinski definition) is 8. The van der Waals surface area contributed by atoms with Crippen molar-refractivity contribution in [2.45, 2.75) is 28.8 Å². The number of pyridine rings is 1. The summed E-state index contributed by atoms with van der Waals surface area (Å²) in [4.78, 5) is 15.0. The number of nitro groups is 1. The molecule has 5 aromatic rings. The molecule has 2 heterocycles. The van der Waals surface area contributed by atoms with E-state index in [9.17, 15) is 18.5 Å². The molecule has 0 aliphatic heterocycles. The van der Waals surface area contributed by atoms with Crippen molar-refractivity contribution in [3.8, 4) is 5.69 Å². The Balaban J connectivity index is 1.50. The number of sulfonamides is 1. The molecule has 2 aromatic heterocycles. The van der Waals surface area contributed by atoms with E-state index in [2.05, 4.69) is 19.9 Å². The fraction of sp³-hybridized carbons (Fsp3) is 0.115. The van der Waals surface area contributed by atoms with Crippen molar-refractivity contribution in [3.05, 3.63) is 113 Å². The molecule has 192 valence electrons. The van der Waals surface area contributed by atoms with Crippen LogP contribution >= 0.6 is 11.8 Å². The third-order valence-corrected chi connectivity index (χ3v) is 8.36. The number of aromatic nitrogens is 4. The average Bonchev–Trinajstić information content (AvgIpc) is 3.36. The molecule has 3 aromatic carbocycles. The molecule has 1 atom stereocenters. The molecule has 38 heavy (non-hydrogen) atoms. The lowest BCUT2D eigenvalue weighted by atomic mass is 10.2. The lowest BCUT2D eigenvalue weighted by Gasteiger charge is -2.17. The van der Waals surface area contributed by atoms with Crippen LogP contribution in [0.3, 0.4) is 0 Å². The molecule has 0 saturated heterocycles. The first-order chi connectivity index (χ1) is 18.3. The highest BCUT2D eigenvalue weighted by Gasteiger charge is 2.26. The summed E-state index contributed by atoms with van der Waals surface area (Å²) in [7, 11) is -3.99. The molecule has 0 bridgehead atoms. The minimum atomic E-state index is -3.99. The highest BCUT2D eigenvalue weighted by atomic mass is 32.2. The Labute approximate surface area is 223 Å². The highest BCUT2D eigenvalue weighted by molar-refractivity contribution is 7.98. The number of hydrogen-bond donors (Lipinski definition) is 1. The normalized spacial score (nSPS) is 12.4. The molecular weight excluding hydrogens is 524 g/mol. The van der Waals surface area contributed by atoms with Crippen LogP contribution in [0.1, 0.15) is 24.4 Å². The standard InChI is InChI=1S/C26H22N6O4S2/c1-18(30-38(35,36)23-11-5-9-20-10-6-16-27-24(20)23)25-28-29-26(37-17-19-7-3-2-4-8-19)31(25)21-12-14-22(15-13-21)32(33)34/h2-16,18,30H,17H2,1H3. The van der Waals surface area contributed by atoms with Crippen LogP contribution in [0.2, 0.25) is 0 Å². The number of nitro benzene ring substituents is 1. The maximum absolute atomic E-state index is 13.4. The van der Waals surface area contributed by atoms with E-state index < -0.39 is 21.0 Å². The van der Waals surface area contributed by atoms with Gasteiger partial charge < -0.3 is 0 Å². The van der Waals surface area contributed by atoms with Crippen LogP contribution in [0.25, 0.3) is 16.6 Å². The number of benzene rings is 3. The number of fused-ring (bicyclic) bond motifs is 1. The fourth-order valence-corrected chi connectivity index (χ4v) is 6.28. The first kappa shape index (κ1) is 25.5. The van der Waals surface area contributed by atoms with Crippen molar-refractivity contribution in [2.24, 2.45) is 0 Å². The average molecular weight is 547 g/mol. The van der Waals surface area contributed by atoms with Crippen LogP contribution in [0, 0.1) is 10.1 Å². The second-order valence-corrected chi connectivity index (χ2v) is 11.0. The molecule has 0 fully saturated rings. The number of para-hydroxylation sites is 1. The zero-order valence-electron chi connectivity index (χ0n) is 20.1. The summed E-state index contributed by atoms with van der Waals surface area (Å²) in [6.07, 6.45) is 1.55. The van der Waals surface area contributed by atoms with Gasteiger partial charge in [0.1, 0.15) is 4.90 Å². The maximum Gasteiger partial charge on any atom is 0.269 e. The SMILES string of the molecule is CC(NS(=O)(=O)c1cccc2cccnc12)c1nnc(SCc2ccccc2)n1-c1ccc([N+](=O)[O-])cc1. The van der Waals surface area contributed by atoms with Crippen LogP contribution in [-0.2, 0) is 15.8 Å². The van der Waals surface area contributed by atoms with E-state index >= 15 is 0 Å². The molecule has 1 unspecified atom stereocenters. The van der Waals surface area contributed by atoms with Crippen molar-refractivity contribution in [1.29, 1.82) is 0 Å². The third kappa shape index (κ3) is 5.28. The largest absolute Gasteiger partial charge is 0.273 e. The maximum atomic E-state index is 13.4. The molecular formula is C26H22N6O4S2. The van der Waals surface area contributed by atoms with E-state index in [1.807, 2.05) is 30.3 Å². The summed E-state index contributed by atoms with van der Waals surface area (Å²) < 4.78 is 31.3. The Morgan fingerprint density at radius 1 is 0.974 bits per heavy atom. The summed E-state index contributed by atoms with van der Waals surface area (Å²) in [5, 5.41) is 21.1. The molecule has 0 radical (unpaired) electrons. The molecule has 0 spiro atoms. The van der Waals surface area contributed by atoms with Crippen LogP contribution in [0.15, 0.2) is 101 Å². The van der Waals surface area contributed by atoms with Crippen molar-refractivity contribution >= 4 is 38.4 Å². The first-order valence-electron chi connectivity index (χ1n) is 11.6. The molecule has 1 N–H and O–H groups in total. The monoisotopic (exact) mass is 546 g/mol. The van der Waals surface area contributed by atoms with E-state index in [1.54, 1.807) is 54.1 Å². The zero-order valence-corrected chi connectivity index (χ0v) is 21.8. The van der Waals surface area contributed by atoms with Crippen molar-refractivity contribution < 1.29 is 13.3 Å². The molecule has 0 amide bonds. The van der Waals surface area contributed by atoms with Crippen LogP contribution in [0.5, 0.6) is 0 Å². The van der Waals surface area contributed by atoms with E-state index in [-0.39, 0.29) is 10.6 Å². The van der Waals surface area contributed by atoms with Crippen molar-refractivity contribution in [3.63, 3.8) is 0 Å². The van der Waals surface area contributed by atoms with Gasteiger partial charge in [0, 0.05) is 35.2 Å². The predicted molar refractivity (Wildman–Crippen MR) is 144 cm³/mol. The Morgan fingerprint density at radius 3 is 2.45 bits per heavy atom. The van der Waals surface area contributed by atoms with Crippen molar-refractivity contribution in [2.75, 3.05) is 0 Å². The van der Waals surface area contributed by atoms with Gasteiger partial charge in [-0.2, -0.15) is 0 Å². The number of nitrogens with zero attached hydrogens (tertiary/aromatic N) is 5. The lowest BCUT2D eigenvalue weighted by molar-refractivity contribution is -0.384. The fourth-order valence-electron chi connectivity index (χ4n) is 3.99. The van der Waals surface area contributed by atoms with E-state index in [0.717, 1.165) is 5.56 Å². The smallest absolute Gasteiger partial charge is 0.269 e. The van der Waals surface area contributed by atoms with Crippen molar-refractivity contribution in [1.82, 2.24) is 24.5 Å². The Morgan fingerprint density at radius 2 is 1.71 bits per heavy atom. The van der Waals surface area contributed by atoms with Gasteiger partial charge in [0.05, 0.1) is 16.5 Å². The summed E-state index contributed by atoms with van der Waals surface area (Å²) in [6.45, 7) is 1.67. The van der Waals surface area contributed by atoms with Gasteiger partial charge in [-0.25, -0.2) is 13.1 Å². The molecule has 0 aliphatic carbocycles. The Bertz CT molecular complexity index is 1700.